The first kappa shape index (κ1) is 11.7. The molecule has 1 saturated heterocycles. The lowest BCUT2D eigenvalue weighted by atomic mass is 9.81. The Kier molecular flexibility index (Phi) is 2.78. The molecular formula is C17H16N2O. The lowest BCUT2D eigenvalue weighted by molar-refractivity contribution is -0.00801. The van der Waals surface area contributed by atoms with Gasteiger partial charge in [0.1, 0.15) is 6.10 Å². The van der Waals surface area contributed by atoms with Gasteiger partial charge >= 0.3 is 0 Å². The molecule has 0 N–H and O–H groups in total. The molecule has 3 heteroatoms. The summed E-state index contributed by atoms with van der Waals surface area (Å²) in [6, 6.07) is 16.8. The predicted octanol–water partition coefficient (Wildman–Crippen LogP) is 3.31. The van der Waals surface area contributed by atoms with Gasteiger partial charge in [-0.15, -0.1) is 0 Å². The van der Waals surface area contributed by atoms with E-state index < -0.39 is 0 Å². The molecule has 3 nitrogen and oxygen atoms in total. The maximum atomic E-state index is 6.01. The van der Waals surface area contributed by atoms with Crippen molar-refractivity contribution >= 4 is 5.82 Å². The fraction of sp³-hybridized carbons (Fsp3) is 0.235. The molecule has 5 rings (SSSR count). The fourth-order valence-electron chi connectivity index (χ4n) is 3.10. The first-order chi connectivity index (χ1) is 9.92. The zero-order valence-electron chi connectivity index (χ0n) is 11.1. The van der Waals surface area contributed by atoms with Gasteiger partial charge in [0.05, 0.1) is 6.04 Å². The molecule has 0 radical (unpaired) electrons. The van der Waals surface area contributed by atoms with Crippen molar-refractivity contribution in [1.82, 2.24) is 4.98 Å². The van der Waals surface area contributed by atoms with Crippen molar-refractivity contribution < 1.29 is 4.84 Å². The number of rotatable bonds is 2. The standard InChI is InChI=1S/C17H16N2O/c1-2-6-13(7-3-1)15-12-14-9-10-16(15)19(20-14)17-8-4-5-11-18-17/h1-11,14-16H,12H2/t14-,15-,16+/m1/s1. The molecule has 2 aromatic rings. The Morgan fingerprint density at radius 2 is 1.85 bits per heavy atom. The molecule has 1 fully saturated rings. The van der Waals surface area contributed by atoms with Crippen LogP contribution in [0.5, 0.6) is 0 Å². The Morgan fingerprint density at radius 3 is 2.60 bits per heavy atom. The van der Waals surface area contributed by atoms with E-state index in [2.05, 4.69) is 47.5 Å². The van der Waals surface area contributed by atoms with Crippen molar-refractivity contribution in [2.24, 2.45) is 0 Å². The van der Waals surface area contributed by atoms with Crippen molar-refractivity contribution in [3.8, 4) is 0 Å². The highest BCUT2D eigenvalue weighted by Gasteiger charge is 2.40. The third-order valence-electron chi connectivity index (χ3n) is 4.04. The van der Waals surface area contributed by atoms with E-state index in [-0.39, 0.29) is 12.1 Å². The second-order valence-corrected chi connectivity index (χ2v) is 5.29. The molecule has 20 heavy (non-hydrogen) atoms. The number of hydroxylamine groups is 1. The minimum absolute atomic E-state index is 0.146. The summed E-state index contributed by atoms with van der Waals surface area (Å²) in [6.07, 6.45) is 7.41. The average molecular weight is 264 g/mol. The van der Waals surface area contributed by atoms with Crippen LogP contribution < -0.4 is 5.06 Å². The van der Waals surface area contributed by atoms with Crippen molar-refractivity contribution in [1.29, 1.82) is 0 Å². The van der Waals surface area contributed by atoms with Crippen LogP contribution in [0.4, 0.5) is 5.82 Å². The smallest absolute Gasteiger partial charge is 0.153 e. The third-order valence-corrected chi connectivity index (χ3v) is 4.04. The van der Waals surface area contributed by atoms with Crippen LogP contribution in [0.2, 0.25) is 0 Å². The summed E-state index contributed by atoms with van der Waals surface area (Å²) in [5.41, 5.74) is 1.37. The fourth-order valence-corrected chi connectivity index (χ4v) is 3.10. The molecule has 2 bridgehead atoms. The van der Waals surface area contributed by atoms with Crippen LogP contribution in [-0.2, 0) is 4.84 Å². The number of hydrogen-bond donors (Lipinski definition) is 0. The maximum Gasteiger partial charge on any atom is 0.153 e. The number of hydrogen-bond acceptors (Lipinski definition) is 3. The molecule has 0 amide bonds. The summed E-state index contributed by atoms with van der Waals surface area (Å²) in [7, 11) is 0. The zero-order chi connectivity index (χ0) is 13.4. The van der Waals surface area contributed by atoms with Gasteiger partial charge in [-0.25, -0.2) is 10.0 Å². The van der Waals surface area contributed by atoms with E-state index in [1.807, 2.05) is 29.5 Å². The van der Waals surface area contributed by atoms with Crippen LogP contribution in [-0.4, -0.2) is 17.1 Å². The lowest BCUT2D eigenvalue weighted by Crippen LogP contribution is -2.50. The molecule has 0 saturated carbocycles. The number of fused-ring (bicyclic) bond motifs is 2. The van der Waals surface area contributed by atoms with Gasteiger partial charge in [-0.1, -0.05) is 48.6 Å². The largest absolute Gasteiger partial charge is 0.264 e. The molecule has 1 aromatic heterocycles. The third kappa shape index (κ3) is 1.91. The Labute approximate surface area is 118 Å². The van der Waals surface area contributed by atoms with E-state index in [0.717, 1.165) is 12.2 Å². The molecule has 1 aromatic carbocycles. The molecule has 3 heterocycles. The summed E-state index contributed by atoms with van der Waals surface area (Å²) in [5.74, 6) is 1.34. The number of nitrogens with zero attached hydrogens (tertiary/aromatic N) is 2. The molecule has 2 aliphatic heterocycles. The highest BCUT2D eigenvalue weighted by molar-refractivity contribution is 5.43. The quantitative estimate of drug-likeness (QED) is 0.778. The van der Waals surface area contributed by atoms with E-state index in [1.165, 1.54) is 5.56 Å². The number of anilines is 1. The lowest BCUT2D eigenvalue weighted by Gasteiger charge is -2.46. The second-order valence-electron chi connectivity index (χ2n) is 5.29. The minimum Gasteiger partial charge on any atom is -0.264 e. The number of benzene rings is 1. The summed E-state index contributed by atoms with van der Waals surface area (Å²) < 4.78 is 0. The van der Waals surface area contributed by atoms with Gasteiger partial charge in [-0.3, -0.25) is 4.84 Å². The van der Waals surface area contributed by atoms with Gasteiger partial charge < -0.3 is 0 Å². The molecule has 0 spiro atoms. The molecular weight excluding hydrogens is 248 g/mol. The summed E-state index contributed by atoms with van der Waals surface area (Å²) in [4.78, 5) is 10.4. The summed E-state index contributed by atoms with van der Waals surface area (Å²) in [6.45, 7) is 0. The number of aromatic nitrogens is 1. The Hall–Kier alpha value is -2.13. The highest BCUT2D eigenvalue weighted by atomic mass is 16.7. The topological polar surface area (TPSA) is 25.4 Å². The SMILES string of the molecule is C1=C[C@H]2[C@@H](c3ccccc3)C[C@@H]1ON2c1ccccn1. The number of pyridine rings is 1. The van der Waals surface area contributed by atoms with Crippen LogP contribution >= 0.6 is 0 Å². The second kappa shape index (κ2) is 4.76. The summed E-state index contributed by atoms with van der Waals surface area (Å²) >= 11 is 0. The van der Waals surface area contributed by atoms with Crippen molar-refractivity contribution in [2.75, 3.05) is 5.06 Å². The van der Waals surface area contributed by atoms with Gasteiger partial charge in [-0.05, 0) is 24.1 Å². The van der Waals surface area contributed by atoms with Crippen LogP contribution in [0.3, 0.4) is 0 Å². The normalized spacial score (nSPS) is 27.8. The van der Waals surface area contributed by atoms with Gasteiger partial charge in [0, 0.05) is 12.1 Å². The van der Waals surface area contributed by atoms with Crippen LogP contribution in [0.1, 0.15) is 17.9 Å². The van der Waals surface area contributed by atoms with E-state index in [4.69, 9.17) is 4.84 Å². The van der Waals surface area contributed by atoms with Gasteiger partial charge in [-0.2, -0.15) is 0 Å². The highest BCUT2D eigenvalue weighted by Crippen LogP contribution is 2.40. The van der Waals surface area contributed by atoms with Gasteiger partial charge in [0.2, 0.25) is 0 Å². The van der Waals surface area contributed by atoms with E-state index >= 15 is 0 Å². The van der Waals surface area contributed by atoms with E-state index in [9.17, 15) is 0 Å². The van der Waals surface area contributed by atoms with E-state index in [0.29, 0.717) is 5.92 Å². The summed E-state index contributed by atoms with van der Waals surface area (Å²) in [5, 5.41) is 1.96. The van der Waals surface area contributed by atoms with Crippen LogP contribution in [0.25, 0.3) is 0 Å². The first-order valence-corrected chi connectivity index (χ1v) is 7.02. The monoisotopic (exact) mass is 264 g/mol. The Balaban J connectivity index is 1.70. The van der Waals surface area contributed by atoms with Gasteiger partial charge in [0.25, 0.3) is 0 Å². The predicted molar refractivity (Wildman–Crippen MR) is 78.3 cm³/mol. The van der Waals surface area contributed by atoms with Crippen LogP contribution in [0.15, 0.2) is 66.9 Å². The average Bonchev–Trinajstić information content (AvgIpc) is 2.57. The van der Waals surface area contributed by atoms with Crippen LogP contribution in [0, 0.1) is 0 Å². The van der Waals surface area contributed by atoms with Crippen molar-refractivity contribution in [3.63, 3.8) is 0 Å². The minimum atomic E-state index is 0.146. The molecule has 1 aliphatic carbocycles. The zero-order valence-corrected chi connectivity index (χ0v) is 11.1. The van der Waals surface area contributed by atoms with Gasteiger partial charge in [0.15, 0.2) is 5.82 Å². The molecule has 3 atom stereocenters. The first-order valence-electron chi connectivity index (χ1n) is 7.02. The molecule has 100 valence electrons. The maximum absolute atomic E-state index is 6.01. The molecule has 0 unspecified atom stereocenters. The molecule has 3 aliphatic rings. The Bertz CT molecular complexity index is 562. The Morgan fingerprint density at radius 1 is 1.00 bits per heavy atom. The van der Waals surface area contributed by atoms with E-state index in [1.54, 1.807) is 0 Å². The van der Waals surface area contributed by atoms with Crippen molar-refractivity contribution in [2.45, 2.75) is 24.5 Å². The van der Waals surface area contributed by atoms with Crippen molar-refractivity contribution in [3.05, 3.63) is 72.4 Å².